The van der Waals surface area contributed by atoms with Gasteiger partial charge in [-0.05, 0) is 19.8 Å². The highest BCUT2D eigenvalue weighted by Crippen LogP contribution is 2.25. The number of carbonyl (C=O) groups is 1. The van der Waals surface area contributed by atoms with Crippen molar-refractivity contribution >= 4 is 17.6 Å². The number of hydrogen-bond acceptors (Lipinski definition) is 2. The molecule has 5 heteroatoms. The molecular formula is C13H21ClN2O2. The Morgan fingerprint density at radius 2 is 2.11 bits per heavy atom. The van der Waals surface area contributed by atoms with Crippen LogP contribution in [0.5, 0.6) is 0 Å². The van der Waals surface area contributed by atoms with Gasteiger partial charge in [0.25, 0.3) is 0 Å². The molecule has 1 aromatic heterocycles. The lowest BCUT2D eigenvalue weighted by Gasteiger charge is -2.12. The molecule has 4 nitrogen and oxygen atoms in total. The quantitative estimate of drug-likeness (QED) is 0.829. The molecule has 1 atom stereocenters. The molecule has 102 valence electrons. The Kier molecular flexibility index (Phi) is 5.66. The zero-order valence-electron chi connectivity index (χ0n) is 11.2. The van der Waals surface area contributed by atoms with Crippen molar-refractivity contribution in [2.75, 3.05) is 0 Å². The summed E-state index contributed by atoms with van der Waals surface area (Å²) in [6, 6.07) is 0. The molecule has 0 amide bonds. The second kappa shape index (κ2) is 6.78. The first-order chi connectivity index (χ1) is 8.54. The number of hydrogen-bond donors (Lipinski definition) is 1. The summed E-state index contributed by atoms with van der Waals surface area (Å²) in [7, 11) is 0. The lowest BCUT2D eigenvalue weighted by Crippen LogP contribution is -2.18. The average molecular weight is 273 g/mol. The number of nitrogens with zero attached hydrogens (tertiary/aromatic N) is 2. The standard InChI is InChI=1S/C13H21ClN2O2/c1-4-7-9(13(17)18)8-11-12(14)10(5-2)15-16(11)6-3/h9H,4-8H2,1-3H3,(H,17,18). The van der Waals surface area contributed by atoms with E-state index in [4.69, 9.17) is 11.6 Å². The largest absolute Gasteiger partial charge is 0.481 e. The predicted octanol–water partition coefficient (Wildman–Crippen LogP) is 3.16. The van der Waals surface area contributed by atoms with Gasteiger partial charge in [0.05, 0.1) is 22.3 Å². The van der Waals surface area contributed by atoms with Crippen LogP contribution in [0.2, 0.25) is 5.02 Å². The summed E-state index contributed by atoms with van der Waals surface area (Å²) in [6.45, 7) is 6.69. The summed E-state index contributed by atoms with van der Waals surface area (Å²) < 4.78 is 1.83. The maximum Gasteiger partial charge on any atom is 0.306 e. The first-order valence-electron chi connectivity index (χ1n) is 6.51. The highest BCUT2D eigenvalue weighted by atomic mass is 35.5. The average Bonchev–Trinajstić information content (AvgIpc) is 2.65. The fraction of sp³-hybridized carbons (Fsp3) is 0.692. The third kappa shape index (κ3) is 3.25. The molecule has 0 aromatic carbocycles. The second-order valence-electron chi connectivity index (χ2n) is 4.40. The summed E-state index contributed by atoms with van der Waals surface area (Å²) in [5, 5.41) is 14.3. The van der Waals surface area contributed by atoms with Gasteiger partial charge in [-0.15, -0.1) is 0 Å². The van der Waals surface area contributed by atoms with E-state index in [1.165, 1.54) is 0 Å². The lowest BCUT2D eigenvalue weighted by atomic mass is 9.98. The molecule has 0 aliphatic heterocycles. The van der Waals surface area contributed by atoms with E-state index >= 15 is 0 Å². The van der Waals surface area contributed by atoms with E-state index in [1.807, 2.05) is 25.5 Å². The van der Waals surface area contributed by atoms with E-state index in [0.717, 1.165) is 24.2 Å². The molecule has 0 aliphatic carbocycles. The van der Waals surface area contributed by atoms with Crippen LogP contribution in [0, 0.1) is 5.92 Å². The van der Waals surface area contributed by atoms with Crippen molar-refractivity contribution in [1.82, 2.24) is 9.78 Å². The fourth-order valence-electron chi connectivity index (χ4n) is 2.11. The summed E-state index contributed by atoms with van der Waals surface area (Å²) in [6.07, 6.45) is 2.75. The fourth-order valence-corrected chi connectivity index (χ4v) is 2.45. The molecule has 1 aromatic rings. The van der Waals surface area contributed by atoms with Gasteiger partial charge in [0, 0.05) is 13.0 Å². The van der Waals surface area contributed by atoms with Crippen LogP contribution in [-0.2, 0) is 24.2 Å². The van der Waals surface area contributed by atoms with Crippen molar-refractivity contribution in [3.63, 3.8) is 0 Å². The van der Waals surface area contributed by atoms with Crippen LogP contribution in [0.4, 0.5) is 0 Å². The number of carboxylic acids is 1. The summed E-state index contributed by atoms with van der Waals surface area (Å²) >= 11 is 6.28. The van der Waals surface area contributed by atoms with E-state index in [2.05, 4.69) is 5.10 Å². The number of rotatable bonds is 7. The minimum absolute atomic E-state index is 0.376. The van der Waals surface area contributed by atoms with E-state index in [-0.39, 0.29) is 5.92 Å². The van der Waals surface area contributed by atoms with Gasteiger partial charge in [-0.25, -0.2) is 0 Å². The molecular weight excluding hydrogens is 252 g/mol. The van der Waals surface area contributed by atoms with Crippen LogP contribution < -0.4 is 0 Å². The smallest absolute Gasteiger partial charge is 0.306 e. The Morgan fingerprint density at radius 3 is 2.56 bits per heavy atom. The normalized spacial score (nSPS) is 12.7. The van der Waals surface area contributed by atoms with Gasteiger partial charge in [-0.2, -0.15) is 5.10 Å². The van der Waals surface area contributed by atoms with Crippen LogP contribution in [-0.4, -0.2) is 20.9 Å². The van der Waals surface area contributed by atoms with Crippen molar-refractivity contribution in [1.29, 1.82) is 0 Å². The lowest BCUT2D eigenvalue weighted by molar-refractivity contribution is -0.142. The molecule has 0 spiro atoms. The van der Waals surface area contributed by atoms with Crippen LogP contribution in [0.1, 0.15) is 45.0 Å². The molecule has 18 heavy (non-hydrogen) atoms. The third-order valence-corrected chi connectivity index (χ3v) is 3.56. The van der Waals surface area contributed by atoms with Crippen molar-refractivity contribution in [2.24, 2.45) is 5.92 Å². The summed E-state index contributed by atoms with van der Waals surface area (Å²) in [4.78, 5) is 11.2. The first-order valence-corrected chi connectivity index (χ1v) is 6.89. The maximum atomic E-state index is 11.2. The predicted molar refractivity (Wildman–Crippen MR) is 72.0 cm³/mol. The van der Waals surface area contributed by atoms with Crippen LogP contribution in [0.3, 0.4) is 0 Å². The Labute approximate surface area is 113 Å². The van der Waals surface area contributed by atoms with E-state index in [9.17, 15) is 9.90 Å². The van der Waals surface area contributed by atoms with E-state index in [0.29, 0.717) is 24.4 Å². The van der Waals surface area contributed by atoms with Crippen molar-refractivity contribution < 1.29 is 9.90 Å². The molecule has 1 unspecified atom stereocenters. The molecule has 1 heterocycles. The number of aryl methyl sites for hydroxylation is 2. The van der Waals surface area contributed by atoms with Gasteiger partial charge in [0.1, 0.15) is 0 Å². The minimum Gasteiger partial charge on any atom is -0.481 e. The number of aromatic nitrogens is 2. The Morgan fingerprint density at radius 1 is 1.44 bits per heavy atom. The van der Waals surface area contributed by atoms with Gasteiger partial charge in [-0.3, -0.25) is 9.48 Å². The molecule has 1 rings (SSSR count). The first kappa shape index (κ1) is 15.0. The SMILES string of the molecule is CCCC(Cc1c(Cl)c(CC)nn1CC)C(=O)O. The minimum atomic E-state index is -0.755. The number of carboxylic acid groups (broad SMARTS) is 1. The van der Waals surface area contributed by atoms with Gasteiger partial charge in [-0.1, -0.05) is 31.9 Å². The topological polar surface area (TPSA) is 55.1 Å². The molecule has 0 aliphatic rings. The Balaban J connectivity index is 3.00. The summed E-state index contributed by atoms with van der Waals surface area (Å²) in [5.74, 6) is -1.13. The van der Waals surface area contributed by atoms with Gasteiger partial charge in [0.15, 0.2) is 0 Å². The monoisotopic (exact) mass is 272 g/mol. The van der Waals surface area contributed by atoms with Crippen LogP contribution >= 0.6 is 11.6 Å². The van der Waals surface area contributed by atoms with Crippen molar-refractivity contribution in [2.45, 2.75) is 53.0 Å². The van der Waals surface area contributed by atoms with Crippen LogP contribution in [0.15, 0.2) is 0 Å². The maximum absolute atomic E-state index is 11.2. The second-order valence-corrected chi connectivity index (χ2v) is 4.78. The zero-order chi connectivity index (χ0) is 13.7. The highest BCUT2D eigenvalue weighted by molar-refractivity contribution is 6.31. The number of halogens is 1. The van der Waals surface area contributed by atoms with Crippen molar-refractivity contribution in [3.05, 3.63) is 16.4 Å². The highest BCUT2D eigenvalue weighted by Gasteiger charge is 2.22. The summed E-state index contributed by atoms with van der Waals surface area (Å²) in [5.41, 5.74) is 1.71. The Bertz CT molecular complexity index is 415. The van der Waals surface area contributed by atoms with Gasteiger partial charge < -0.3 is 5.11 Å². The molecule has 0 saturated carbocycles. The third-order valence-electron chi connectivity index (χ3n) is 3.12. The van der Waals surface area contributed by atoms with E-state index in [1.54, 1.807) is 0 Å². The molecule has 0 bridgehead atoms. The molecule has 1 N–H and O–H groups in total. The molecule has 0 radical (unpaired) electrons. The zero-order valence-corrected chi connectivity index (χ0v) is 12.0. The van der Waals surface area contributed by atoms with E-state index < -0.39 is 5.97 Å². The molecule has 0 saturated heterocycles. The van der Waals surface area contributed by atoms with Crippen LogP contribution in [0.25, 0.3) is 0 Å². The van der Waals surface area contributed by atoms with Gasteiger partial charge in [0.2, 0.25) is 0 Å². The van der Waals surface area contributed by atoms with Gasteiger partial charge >= 0.3 is 5.97 Å². The molecule has 0 fully saturated rings. The van der Waals surface area contributed by atoms with Crippen molar-refractivity contribution in [3.8, 4) is 0 Å². The number of aliphatic carboxylic acids is 1. The Hall–Kier alpha value is -1.03.